The number of hydrogen-bond donors (Lipinski definition) is 0. The van der Waals surface area contributed by atoms with Crippen LogP contribution in [-0.2, 0) is 19.6 Å². The lowest BCUT2D eigenvalue weighted by atomic mass is 10.0. The van der Waals surface area contributed by atoms with Gasteiger partial charge in [0.05, 0.1) is 18.6 Å². The molecule has 0 spiro atoms. The van der Waals surface area contributed by atoms with E-state index in [1.54, 1.807) is 13.2 Å². The minimum Gasteiger partial charge on any atom is -0.497 e. The Hall–Kier alpha value is -4.49. The molecule has 0 bridgehead atoms. The summed E-state index contributed by atoms with van der Waals surface area (Å²) >= 11 is 0. The fourth-order valence-corrected chi connectivity index (χ4v) is 4.38. The van der Waals surface area contributed by atoms with Gasteiger partial charge in [0.25, 0.3) is 0 Å². The van der Waals surface area contributed by atoms with Crippen LogP contribution in [0.4, 0.5) is 5.69 Å². The average Bonchev–Trinajstić information content (AvgIpc) is 2.97. The number of ketones is 1. The normalized spacial score (nSPS) is 11.7. The Kier molecular flexibility index (Phi) is 9.43. The van der Waals surface area contributed by atoms with Crippen molar-refractivity contribution in [2.45, 2.75) is 32.5 Å². The zero-order chi connectivity index (χ0) is 27.6. The number of rotatable bonds is 13. The van der Waals surface area contributed by atoms with Crippen molar-refractivity contribution < 1.29 is 19.2 Å². The van der Waals surface area contributed by atoms with Crippen LogP contribution < -0.4 is 9.47 Å². The third kappa shape index (κ3) is 7.75. The molecule has 4 aromatic rings. The number of nitrogens with zero attached hydrogens (tertiary/aromatic N) is 2. The lowest BCUT2D eigenvalue weighted by Gasteiger charge is -2.29. The first-order chi connectivity index (χ1) is 18.9. The molecule has 200 valence electrons. The second-order valence-corrected chi connectivity index (χ2v) is 9.43. The lowest BCUT2D eigenvalue weighted by molar-refractivity contribution is -0.386. The highest BCUT2D eigenvalue weighted by Gasteiger charge is 2.23. The van der Waals surface area contributed by atoms with Crippen molar-refractivity contribution in [1.29, 1.82) is 0 Å². The van der Waals surface area contributed by atoms with E-state index in [2.05, 4.69) is 11.8 Å². The van der Waals surface area contributed by atoms with Gasteiger partial charge in [-0.2, -0.15) is 0 Å². The molecule has 0 unspecified atom stereocenters. The molecule has 0 fully saturated rings. The summed E-state index contributed by atoms with van der Waals surface area (Å²) in [6, 6.07) is 31.8. The van der Waals surface area contributed by atoms with Crippen molar-refractivity contribution >= 4 is 11.5 Å². The topological polar surface area (TPSA) is 81.9 Å². The maximum Gasteiger partial charge on any atom is 0.311 e. The molecular formula is C32H32N2O5. The van der Waals surface area contributed by atoms with E-state index in [0.29, 0.717) is 6.54 Å². The molecule has 4 aromatic carbocycles. The molecule has 0 radical (unpaired) electrons. The van der Waals surface area contributed by atoms with Gasteiger partial charge in [-0.25, -0.2) is 0 Å². The summed E-state index contributed by atoms with van der Waals surface area (Å²) in [5, 5.41) is 11.8. The monoisotopic (exact) mass is 524 g/mol. The second-order valence-electron chi connectivity index (χ2n) is 9.43. The largest absolute Gasteiger partial charge is 0.497 e. The number of Topliss-reactive ketones (excluding diaryl/α,β-unsaturated/α-hetero) is 1. The Balaban J connectivity index is 1.51. The summed E-state index contributed by atoms with van der Waals surface area (Å²) in [6.07, 6.45) is 0.733. The molecule has 0 aliphatic rings. The molecule has 39 heavy (non-hydrogen) atoms. The van der Waals surface area contributed by atoms with Gasteiger partial charge in [-0.15, -0.1) is 0 Å². The molecule has 0 aromatic heterocycles. The van der Waals surface area contributed by atoms with Crippen LogP contribution in [0.2, 0.25) is 0 Å². The molecule has 0 saturated carbocycles. The first kappa shape index (κ1) is 27.5. The van der Waals surface area contributed by atoms with Gasteiger partial charge in [-0.3, -0.25) is 19.8 Å². The van der Waals surface area contributed by atoms with Gasteiger partial charge in [-0.05, 0) is 54.3 Å². The van der Waals surface area contributed by atoms with Crippen molar-refractivity contribution in [2.75, 3.05) is 13.7 Å². The SMILES string of the molecule is COc1ccc(C[C@@H](C)N(CC(=O)c2ccc(OCc3ccccc3)c([N+](=O)[O-])c2)Cc2ccccc2)cc1. The molecule has 7 heteroatoms. The van der Waals surface area contributed by atoms with E-state index in [0.717, 1.165) is 28.9 Å². The first-order valence-corrected chi connectivity index (χ1v) is 12.8. The summed E-state index contributed by atoms with van der Waals surface area (Å²) in [6.45, 7) is 2.98. The van der Waals surface area contributed by atoms with E-state index in [-0.39, 0.29) is 42.0 Å². The summed E-state index contributed by atoms with van der Waals surface area (Å²) in [7, 11) is 1.64. The number of nitro groups is 1. The van der Waals surface area contributed by atoms with E-state index in [4.69, 9.17) is 9.47 Å². The molecule has 4 rings (SSSR count). The zero-order valence-electron chi connectivity index (χ0n) is 22.2. The number of ether oxygens (including phenoxy) is 2. The molecule has 0 aliphatic heterocycles. The minimum atomic E-state index is -0.509. The highest BCUT2D eigenvalue weighted by molar-refractivity contribution is 5.98. The quantitative estimate of drug-likeness (QED) is 0.113. The standard InChI is InChI=1S/C32H32N2O5/c1-24(19-25-13-16-29(38-2)17-14-25)33(21-26-9-5-3-6-10-26)22-31(35)28-15-18-32(30(20-28)34(36)37)39-23-27-11-7-4-8-12-27/h3-18,20,24H,19,21-23H2,1-2H3/t24-/m1/s1. The fraction of sp³-hybridized carbons (Fsp3) is 0.219. The Morgan fingerprint density at radius 3 is 2.13 bits per heavy atom. The van der Waals surface area contributed by atoms with E-state index < -0.39 is 4.92 Å². The number of carbonyl (C=O) groups excluding carboxylic acids is 1. The molecule has 0 amide bonds. The van der Waals surface area contributed by atoms with Crippen LogP contribution in [0.1, 0.15) is 34.0 Å². The predicted octanol–water partition coefficient (Wildman–Crippen LogP) is 6.50. The van der Waals surface area contributed by atoms with Crippen LogP contribution in [0.25, 0.3) is 0 Å². The molecule has 0 heterocycles. The van der Waals surface area contributed by atoms with Crippen LogP contribution >= 0.6 is 0 Å². The van der Waals surface area contributed by atoms with Crippen molar-refractivity contribution in [2.24, 2.45) is 0 Å². The zero-order valence-corrected chi connectivity index (χ0v) is 22.2. The van der Waals surface area contributed by atoms with Gasteiger partial charge in [0.1, 0.15) is 12.4 Å². The van der Waals surface area contributed by atoms with Crippen molar-refractivity contribution in [3.05, 3.63) is 135 Å². The van der Waals surface area contributed by atoms with Gasteiger partial charge < -0.3 is 9.47 Å². The van der Waals surface area contributed by atoms with Gasteiger partial charge in [0.2, 0.25) is 0 Å². The van der Waals surface area contributed by atoms with Crippen LogP contribution in [0.15, 0.2) is 103 Å². The maximum atomic E-state index is 13.4. The van der Waals surface area contributed by atoms with E-state index in [1.807, 2.05) is 84.9 Å². The highest BCUT2D eigenvalue weighted by Crippen LogP contribution is 2.29. The molecule has 0 saturated heterocycles. The van der Waals surface area contributed by atoms with Crippen molar-refractivity contribution in [3.8, 4) is 11.5 Å². The van der Waals surface area contributed by atoms with E-state index in [9.17, 15) is 14.9 Å². The Morgan fingerprint density at radius 1 is 0.872 bits per heavy atom. The summed E-state index contributed by atoms with van der Waals surface area (Å²) in [4.78, 5) is 26.8. The summed E-state index contributed by atoms with van der Waals surface area (Å²) < 4.78 is 11.0. The van der Waals surface area contributed by atoms with Gasteiger partial charge >= 0.3 is 5.69 Å². The molecular weight excluding hydrogens is 492 g/mol. The van der Waals surface area contributed by atoms with Crippen LogP contribution in [0.3, 0.4) is 0 Å². The van der Waals surface area contributed by atoms with Crippen LogP contribution in [0.5, 0.6) is 11.5 Å². The Labute approximate surface area is 228 Å². The number of nitro benzene ring substituents is 1. The molecule has 7 nitrogen and oxygen atoms in total. The molecule has 0 aliphatic carbocycles. The number of hydrogen-bond acceptors (Lipinski definition) is 6. The summed E-state index contributed by atoms with van der Waals surface area (Å²) in [5.74, 6) is 0.736. The average molecular weight is 525 g/mol. The van der Waals surface area contributed by atoms with Gasteiger partial charge in [0.15, 0.2) is 11.5 Å². The Bertz CT molecular complexity index is 1380. The lowest BCUT2D eigenvalue weighted by Crippen LogP contribution is -2.38. The van der Waals surface area contributed by atoms with Crippen LogP contribution in [0, 0.1) is 10.1 Å². The first-order valence-electron chi connectivity index (χ1n) is 12.8. The van der Waals surface area contributed by atoms with Crippen molar-refractivity contribution in [3.63, 3.8) is 0 Å². The van der Waals surface area contributed by atoms with E-state index >= 15 is 0 Å². The second kappa shape index (κ2) is 13.3. The third-order valence-corrected chi connectivity index (χ3v) is 6.60. The van der Waals surface area contributed by atoms with Crippen molar-refractivity contribution in [1.82, 2.24) is 4.90 Å². The predicted molar refractivity (Wildman–Crippen MR) is 151 cm³/mol. The fourth-order valence-electron chi connectivity index (χ4n) is 4.38. The third-order valence-electron chi connectivity index (χ3n) is 6.60. The molecule has 1 atom stereocenters. The van der Waals surface area contributed by atoms with Gasteiger partial charge in [0, 0.05) is 24.2 Å². The van der Waals surface area contributed by atoms with E-state index in [1.165, 1.54) is 12.1 Å². The van der Waals surface area contributed by atoms with Gasteiger partial charge in [-0.1, -0.05) is 72.8 Å². The number of carbonyl (C=O) groups is 1. The Morgan fingerprint density at radius 2 is 1.51 bits per heavy atom. The molecule has 0 N–H and O–H groups in total. The number of benzene rings is 4. The van der Waals surface area contributed by atoms with Crippen LogP contribution in [-0.4, -0.2) is 35.3 Å². The minimum absolute atomic E-state index is 0.0333. The highest BCUT2D eigenvalue weighted by atomic mass is 16.6. The maximum absolute atomic E-state index is 13.4. The number of methoxy groups -OCH3 is 1. The summed E-state index contributed by atoms with van der Waals surface area (Å²) in [5.41, 5.74) is 3.17. The smallest absolute Gasteiger partial charge is 0.311 e.